The lowest BCUT2D eigenvalue weighted by Crippen LogP contribution is -2.34. The first kappa shape index (κ1) is 14.2. The van der Waals surface area contributed by atoms with Gasteiger partial charge in [0.05, 0.1) is 13.2 Å². The molecular weight excluding hydrogens is 266 g/mol. The van der Waals surface area contributed by atoms with Gasteiger partial charge in [0.2, 0.25) is 11.7 Å². The predicted octanol–water partition coefficient (Wildman–Crippen LogP) is 2.25. The number of nitrogens with zero attached hydrogens (tertiary/aromatic N) is 3. The molecule has 1 aromatic heterocycles. The number of hydrogen-bond donors (Lipinski definition) is 1. The van der Waals surface area contributed by atoms with Crippen molar-refractivity contribution >= 4 is 0 Å². The van der Waals surface area contributed by atoms with Gasteiger partial charge in [-0.05, 0) is 25.8 Å². The van der Waals surface area contributed by atoms with Crippen LogP contribution >= 0.6 is 0 Å². The zero-order valence-electron chi connectivity index (χ0n) is 12.5. The number of rotatable bonds is 4. The fraction of sp³-hybridized carbons (Fsp3) is 0.500. The highest BCUT2D eigenvalue weighted by molar-refractivity contribution is 5.54. The van der Waals surface area contributed by atoms with Crippen LogP contribution in [0.5, 0.6) is 0 Å². The van der Waals surface area contributed by atoms with Crippen LogP contribution in [0.15, 0.2) is 28.8 Å². The highest BCUT2D eigenvalue weighted by Crippen LogP contribution is 2.25. The molecule has 5 nitrogen and oxygen atoms in total. The first-order valence-corrected chi connectivity index (χ1v) is 7.42. The minimum atomic E-state index is 0.181. The fourth-order valence-corrected chi connectivity index (χ4v) is 2.89. The fourth-order valence-electron chi connectivity index (χ4n) is 2.89. The topological polar surface area (TPSA) is 62.4 Å². The Morgan fingerprint density at radius 2 is 2.10 bits per heavy atom. The molecule has 2 unspecified atom stereocenters. The molecule has 0 spiro atoms. The molecule has 1 aromatic carbocycles. The standard InChI is InChI=1S/C16H21N3O2/c1-11-3-5-13(6-4-11)16-17-15(21-18-16)9-19-8-7-12(2)14(19)10-20/h3-6,12,14,20H,7-10H2,1-2H3. The first-order valence-electron chi connectivity index (χ1n) is 7.42. The Labute approximate surface area is 124 Å². The van der Waals surface area contributed by atoms with Gasteiger partial charge in [-0.2, -0.15) is 4.98 Å². The summed E-state index contributed by atoms with van der Waals surface area (Å²) in [5, 5.41) is 13.5. The van der Waals surface area contributed by atoms with Crippen LogP contribution in [0.1, 0.15) is 24.8 Å². The lowest BCUT2D eigenvalue weighted by atomic mass is 10.0. The Hall–Kier alpha value is -1.72. The summed E-state index contributed by atoms with van der Waals surface area (Å²) in [6.45, 7) is 5.98. The Bertz CT molecular complexity index is 594. The number of aliphatic hydroxyl groups excluding tert-OH is 1. The molecule has 3 rings (SSSR count). The van der Waals surface area contributed by atoms with Gasteiger partial charge in [-0.15, -0.1) is 0 Å². The maximum absolute atomic E-state index is 9.49. The third-order valence-corrected chi connectivity index (χ3v) is 4.30. The first-order chi connectivity index (χ1) is 10.2. The van der Waals surface area contributed by atoms with E-state index in [9.17, 15) is 5.11 Å². The Kier molecular flexibility index (Phi) is 4.03. The number of benzene rings is 1. The van der Waals surface area contributed by atoms with E-state index >= 15 is 0 Å². The second-order valence-electron chi connectivity index (χ2n) is 5.86. The summed E-state index contributed by atoms with van der Waals surface area (Å²) in [6, 6.07) is 8.27. The van der Waals surface area contributed by atoms with Crippen LogP contribution in [0.25, 0.3) is 11.4 Å². The van der Waals surface area contributed by atoms with Gasteiger partial charge in [0.1, 0.15) is 0 Å². The maximum Gasteiger partial charge on any atom is 0.241 e. The van der Waals surface area contributed by atoms with E-state index in [1.54, 1.807) is 0 Å². The predicted molar refractivity (Wildman–Crippen MR) is 79.5 cm³/mol. The van der Waals surface area contributed by atoms with Crippen molar-refractivity contribution in [2.24, 2.45) is 5.92 Å². The zero-order valence-corrected chi connectivity index (χ0v) is 12.5. The highest BCUT2D eigenvalue weighted by atomic mass is 16.5. The lowest BCUT2D eigenvalue weighted by Gasteiger charge is -2.23. The zero-order chi connectivity index (χ0) is 14.8. The molecule has 1 aliphatic heterocycles. The van der Waals surface area contributed by atoms with Gasteiger partial charge in [-0.1, -0.05) is 41.9 Å². The molecule has 21 heavy (non-hydrogen) atoms. The summed E-state index contributed by atoms with van der Waals surface area (Å²) < 4.78 is 5.35. The minimum Gasteiger partial charge on any atom is -0.395 e. The molecular formula is C16H21N3O2. The van der Waals surface area contributed by atoms with Crippen molar-refractivity contribution < 1.29 is 9.63 Å². The van der Waals surface area contributed by atoms with Crippen molar-refractivity contribution in [2.45, 2.75) is 32.9 Å². The summed E-state index contributed by atoms with van der Waals surface area (Å²) in [7, 11) is 0. The van der Waals surface area contributed by atoms with Crippen LogP contribution in [-0.4, -0.2) is 39.3 Å². The van der Waals surface area contributed by atoms with Crippen LogP contribution in [0.2, 0.25) is 0 Å². The number of aliphatic hydroxyl groups is 1. The third-order valence-electron chi connectivity index (χ3n) is 4.30. The lowest BCUT2D eigenvalue weighted by molar-refractivity contribution is 0.123. The summed E-state index contributed by atoms with van der Waals surface area (Å²) >= 11 is 0. The molecule has 1 saturated heterocycles. The van der Waals surface area contributed by atoms with Crippen molar-refractivity contribution in [2.75, 3.05) is 13.2 Å². The van der Waals surface area contributed by atoms with E-state index in [0.717, 1.165) is 18.5 Å². The summed E-state index contributed by atoms with van der Waals surface area (Å²) in [6.07, 6.45) is 1.10. The molecule has 1 N–H and O–H groups in total. The number of aromatic nitrogens is 2. The molecule has 1 aliphatic rings. The highest BCUT2D eigenvalue weighted by Gasteiger charge is 2.31. The molecule has 0 radical (unpaired) electrons. The third kappa shape index (κ3) is 2.99. The van der Waals surface area contributed by atoms with Gasteiger partial charge >= 0.3 is 0 Å². The van der Waals surface area contributed by atoms with Crippen molar-refractivity contribution in [1.29, 1.82) is 0 Å². The number of hydrogen-bond acceptors (Lipinski definition) is 5. The van der Waals surface area contributed by atoms with E-state index in [-0.39, 0.29) is 12.6 Å². The molecule has 1 fully saturated rings. The quantitative estimate of drug-likeness (QED) is 0.934. The largest absolute Gasteiger partial charge is 0.395 e. The average Bonchev–Trinajstić information content (AvgIpc) is 3.07. The molecule has 0 aliphatic carbocycles. The van der Waals surface area contributed by atoms with Gasteiger partial charge in [0.25, 0.3) is 0 Å². The van der Waals surface area contributed by atoms with Crippen LogP contribution < -0.4 is 0 Å². The van der Waals surface area contributed by atoms with E-state index < -0.39 is 0 Å². The molecule has 2 heterocycles. The SMILES string of the molecule is Cc1ccc(-c2noc(CN3CCC(C)C3CO)n2)cc1. The number of aryl methyl sites for hydroxylation is 1. The van der Waals surface area contributed by atoms with E-state index in [4.69, 9.17) is 4.52 Å². The van der Waals surface area contributed by atoms with E-state index in [2.05, 4.69) is 28.9 Å². The molecule has 2 aromatic rings. The second kappa shape index (κ2) is 5.95. The van der Waals surface area contributed by atoms with Gasteiger partial charge in [0.15, 0.2) is 0 Å². The number of likely N-dealkylation sites (tertiary alicyclic amines) is 1. The summed E-state index contributed by atoms with van der Waals surface area (Å²) in [5.41, 5.74) is 2.17. The average molecular weight is 287 g/mol. The van der Waals surface area contributed by atoms with Gasteiger partial charge in [0, 0.05) is 11.6 Å². The minimum absolute atomic E-state index is 0.181. The normalized spacial score (nSPS) is 22.8. The van der Waals surface area contributed by atoms with Crippen LogP contribution in [-0.2, 0) is 6.54 Å². The van der Waals surface area contributed by atoms with Crippen LogP contribution in [0, 0.1) is 12.8 Å². The molecule has 2 atom stereocenters. The monoisotopic (exact) mass is 287 g/mol. The van der Waals surface area contributed by atoms with Crippen LogP contribution in [0.4, 0.5) is 0 Å². The second-order valence-corrected chi connectivity index (χ2v) is 5.86. The van der Waals surface area contributed by atoms with E-state index in [0.29, 0.717) is 24.2 Å². The van der Waals surface area contributed by atoms with Crippen molar-refractivity contribution in [3.05, 3.63) is 35.7 Å². The van der Waals surface area contributed by atoms with Gasteiger partial charge in [-0.25, -0.2) is 0 Å². The van der Waals surface area contributed by atoms with Gasteiger partial charge < -0.3 is 9.63 Å². The molecule has 5 heteroatoms. The Morgan fingerprint density at radius 3 is 2.81 bits per heavy atom. The smallest absolute Gasteiger partial charge is 0.241 e. The van der Waals surface area contributed by atoms with Crippen molar-refractivity contribution in [3.63, 3.8) is 0 Å². The van der Waals surface area contributed by atoms with E-state index in [1.165, 1.54) is 5.56 Å². The van der Waals surface area contributed by atoms with Gasteiger partial charge in [-0.3, -0.25) is 4.90 Å². The summed E-state index contributed by atoms with van der Waals surface area (Å²) in [4.78, 5) is 6.69. The molecule has 0 saturated carbocycles. The Morgan fingerprint density at radius 1 is 1.33 bits per heavy atom. The molecule has 0 bridgehead atoms. The van der Waals surface area contributed by atoms with E-state index in [1.807, 2.05) is 24.3 Å². The maximum atomic E-state index is 9.49. The summed E-state index contributed by atoms with van der Waals surface area (Å²) in [5.74, 6) is 1.74. The molecule has 112 valence electrons. The Balaban J connectivity index is 1.72. The van der Waals surface area contributed by atoms with Crippen molar-refractivity contribution in [3.8, 4) is 11.4 Å². The molecule has 0 amide bonds. The van der Waals surface area contributed by atoms with Crippen LogP contribution in [0.3, 0.4) is 0 Å². The van der Waals surface area contributed by atoms with Crippen molar-refractivity contribution in [1.82, 2.24) is 15.0 Å².